The predicted molar refractivity (Wildman–Crippen MR) is 110 cm³/mol. The molecule has 2 aliphatic rings. The minimum absolute atomic E-state index is 0.00919. The molecule has 148 valence electrons. The van der Waals surface area contributed by atoms with Crippen molar-refractivity contribution >= 4 is 11.9 Å². The van der Waals surface area contributed by atoms with E-state index >= 15 is 0 Å². The molecule has 1 fully saturated rings. The number of hydrogen-bond donors (Lipinski definition) is 0. The van der Waals surface area contributed by atoms with E-state index in [-0.39, 0.29) is 6.17 Å². The van der Waals surface area contributed by atoms with Crippen molar-refractivity contribution in [3.05, 3.63) is 47.1 Å². The van der Waals surface area contributed by atoms with Gasteiger partial charge in [0.2, 0.25) is 5.88 Å². The Balaban J connectivity index is 1.39. The van der Waals surface area contributed by atoms with E-state index in [1.54, 1.807) is 13.3 Å². The maximum atomic E-state index is 5.92. The van der Waals surface area contributed by atoms with Gasteiger partial charge in [-0.15, -0.1) is 0 Å². The number of fused-ring (bicyclic) bond motifs is 1. The van der Waals surface area contributed by atoms with Crippen molar-refractivity contribution in [2.24, 2.45) is 4.99 Å². The van der Waals surface area contributed by atoms with E-state index in [1.807, 2.05) is 18.2 Å². The molecule has 3 heterocycles. The van der Waals surface area contributed by atoms with Gasteiger partial charge in [0.1, 0.15) is 11.9 Å². The quantitative estimate of drug-likeness (QED) is 0.689. The summed E-state index contributed by atoms with van der Waals surface area (Å²) in [6, 6.07) is 10.2. The molecule has 6 nitrogen and oxygen atoms in total. The van der Waals surface area contributed by atoms with Crippen molar-refractivity contribution in [1.29, 1.82) is 0 Å². The Morgan fingerprint density at radius 1 is 1.14 bits per heavy atom. The maximum Gasteiger partial charge on any atom is 0.213 e. The van der Waals surface area contributed by atoms with Gasteiger partial charge >= 0.3 is 0 Å². The van der Waals surface area contributed by atoms with E-state index in [0.717, 1.165) is 41.6 Å². The Hall–Kier alpha value is -2.60. The number of nitrogens with zero attached hydrogens (tertiary/aromatic N) is 4. The van der Waals surface area contributed by atoms with Gasteiger partial charge in [-0.3, -0.25) is 4.99 Å². The van der Waals surface area contributed by atoms with Gasteiger partial charge in [-0.05, 0) is 63.5 Å². The lowest BCUT2D eigenvalue weighted by Gasteiger charge is -2.27. The number of likely N-dealkylation sites (tertiary alicyclic amines) is 1. The standard InChI is InChI=1S/C22H28N4O2/c1-17-24-21-15-23-22(27-2)14-18(21)16-26(17)19-6-8-20(9-7-19)28-13-5-12-25-10-3-4-11-25/h6-9,14-17H,3-5,10-13H2,1-2H3. The summed E-state index contributed by atoms with van der Waals surface area (Å²) in [5.41, 5.74) is 1.09. The average Bonchev–Trinajstić information content (AvgIpc) is 3.24. The fourth-order valence-corrected chi connectivity index (χ4v) is 3.78. The molecule has 1 saturated heterocycles. The van der Waals surface area contributed by atoms with Crippen molar-refractivity contribution in [2.45, 2.75) is 32.4 Å². The van der Waals surface area contributed by atoms with Gasteiger partial charge in [0.15, 0.2) is 0 Å². The lowest BCUT2D eigenvalue weighted by Crippen LogP contribution is -2.41. The normalized spacial score (nSPS) is 18.9. The minimum Gasteiger partial charge on any atom is -0.494 e. The zero-order valence-corrected chi connectivity index (χ0v) is 16.7. The van der Waals surface area contributed by atoms with Gasteiger partial charge in [-0.2, -0.15) is 0 Å². The van der Waals surface area contributed by atoms with Crippen molar-refractivity contribution in [3.63, 3.8) is 0 Å². The molecule has 0 bridgehead atoms. The molecular weight excluding hydrogens is 352 g/mol. The van der Waals surface area contributed by atoms with E-state index in [0.29, 0.717) is 5.88 Å². The van der Waals surface area contributed by atoms with Gasteiger partial charge in [0, 0.05) is 29.7 Å². The zero-order valence-electron chi connectivity index (χ0n) is 16.7. The first kappa shape index (κ1) is 18.7. The number of ether oxygens (including phenoxy) is 2. The smallest absolute Gasteiger partial charge is 0.213 e. The van der Waals surface area contributed by atoms with Crippen molar-refractivity contribution in [2.75, 3.05) is 38.3 Å². The second-order valence-electron chi connectivity index (χ2n) is 7.33. The molecule has 1 aromatic carbocycles. The Morgan fingerprint density at radius 3 is 2.68 bits per heavy atom. The number of pyridine rings is 1. The molecule has 1 unspecified atom stereocenters. The topological polar surface area (TPSA) is 50.2 Å². The van der Waals surface area contributed by atoms with Crippen LogP contribution in [0.2, 0.25) is 0 Å². The highest BCUT2D eigenvalue weighted by Crippen LogP contribution is 2.23. The Bertz CT molecular complexity index is 907. The summed E-state index contributed by atoms with van der Waals surface area (Å²) < 4.78 is 11.2. The first-order chi connectivity index (χ1) is 13.7. The second-order valence-corrected chi connectivity index (χ2v) is 7.33. The molecule has 0 saturated carbocycles. The van der Waals surface area contributed by atoms with Crippen LogP contribution in [0.5, 0.6) is 11.6 Å². The summed E-state index contributed by atoms with van der Waals surface area (Å²) in [7, 11) is 1.62. The van der Waals surface area contributed by atoms with E-state index in [4.69, 9.17) is 14.5 Å². The molecule has 1 atom stereocenters. The van der Waals surface area contributed by atoms with Crippen LogP contribution in [-0.2, 0) is 0 Å². The summed E-state index contributed by atoms with van der Waals surface area (Å²) in [5, 5.41) is 1.90. The molecule has 2 aromatic rings. The number of methoxy groups -OCH3 is 1. The lowest BCUT2D eigenvalue weighted by molar-refractivity contribution is 0.263. The van der Waals surface area contributed by atoms with Crippen LogP contribution < -0.4 is 24.9 Å². The third kappa shape index (κ3) is 4.28. The summed E-state index contributed by atoms with van der Waals surface area (Å²) in [6.45, 7) is 6.46. The van der Waals surface area contributed by atoms with E-state index in [9.17, 15) is 0 Å². The molecule has 4 rings (SSSR count). The van der Waals surface area contributed by atoms with Gasteiger partial charge in [0.05, 0.1) is 25.3 Å². The van der Waals surface area contributed by atoms with E-state index in [1.165, 1.54) is 25.9 Å². The number of hydrogen-bond acceptors (Lipinski definition) is 6. The molecule has 1 aromatic heterocycles. The fourth-order valence-electron chi connectivity index (χ4n) is 3.78. The van der Waals surface area contributed by atoms with Crippen LogP contribution in [-0.4, -0.2) is 49.4 Å². The summed E-state index contributed by atoms with van der Waals surface area (Å²) in [5.74, 6) is 1.51. The average molecular weight is 380 g/mol. The third-order valence-electron chi connectivity index (χ3n) is 5.33. The first-order valence-electron chi connectivity index (χ1n) is 10.1. The van der Waals surface area contributed by atoms with E-state index < -0.39 is 0 Å². The molecule has 0 amide bonds. The molecule has 2 aliphatic heterocycles. The molecule has 28 heavy (non-hydrogen) atoms. The molecule has 0 spiro atoms. The van der Waals surface area contributed by atoms with Crippen molar-refractivity contribution in [3.8, 4) is 11.6 Å². The summed E-state index contributed by atoms with van der Waals surface area (Å²) >= 11 is 0. The summed E-state index contributed by atoms with van der Waals surface area (Å²) in [4.78, 5) is 13.7. The molecule has 0 radical (unpaired) electrons. The van der Waals surface area contributed by atoms with Gasteiger partial charge in [0.25, 0.3) is 0 Å². The van der Waals surface area contributed by atoms with E-state index in [2.05, 4.69) is 40.0 Å². The van der Waals surface area contributed by atoms with Gasteiger partial charge in [-0.1, -0.05) is 0 Å². The zero-order chi connectivity index (χ0) is 19.3. The monoisotopic (exact) mass is 380 g/mol. The van der Waals surface area contributed by atoms with Crippen LogP contribution >= 0.6 is 0 Å². The lowest BCUT2D eigenvalue weighted by atomic mass is 10.2. The number of benzene rings is 1. The highest BCUT2D eigenvalue weighted by Gasteiger charge is 2.15. The largest absolute Gasteiger partial charge is 0.494 e. The van der Waals surface area contributed by atoms with Gasteiger partial charge in [-0.25, -0.2) is 4.98 Å². The summed E-state index contributed by atoms with van der Waals surface area (Å²) in [6.07, 6.45) is 7.63. The third-order valence-corrected chi connectivity index (χ3v) is 5.33. The number of aromatic nitrogens is 1. The Kier molecular flexibility index (Phi) is 5.76. The minimum atomic E-state index is 0.00919. The second kappa shape index (κ2) is 8.61. The number of anilines is 1. The first-order valence-corrected chi connectivity index (χ1v) is 10.1. The van der Waals surface area contributed by atoms with Crippen molar-refractivity contribution in [1.82, 2.24) is 9.88 Å². The van der Waals surface area contributed by atoms with Crippen LogP contribution in [0.4, 0.5) is 5.69 Å². The fraction of sp³-hybridized carbons (Fsp3) is 0.455. The van der Waals surface area contributed by atoms with Crippen LogP contribution in [0.25, 0.3) is 6.20 Å². The molecule has 6 heteroatoms. The highest BCUT2D eigenvalue weighted by atomic mass is 16.5. The van der Waals surface area contributed by atoms with Crippen LogP contribution in [0.3, 0.4) is 0 Å². The molecule has 0 N–H and O–H groups in total. The SMILES string of the molecule is COc1cc2c(cn1)=NC(C)N(c1ccc(OCCCN3CCCC3)cc1)C=2. The van der Waals surface area contributed by atoms with Crippen molar-refractivity contribution < 1.29 is 9.47 Å². The van der Waals surface area contributed by atoms with Crippen LogP contribution in [0, 0.1) is 0 Å². The Morgan fingerprint density at radius 2 is 1.93 bits per heavy atom. The predicted octanol–water partition coefficient (Wildman–Crippen LogP) is 2.18. The Labute approximate surface area is 166 Å². The molecule has 0 aliphatic carbocycles. The highest BCUT2D eigenvalue weighted by molar-refractivity contribution is 5.61. The molecular formula is C22H28N4O2. The maximum absolute atomic E-state index is 5.92. The van der Waals surface area contributed by atoms with Crippen LogP contribution in [0.1, 0.15) is 26.2 Å². The number of rotatable bonds is 7. The van der Waals surface area contributed by atoms with Crippen LogP contribution in [0.15, 0.2) is 41.5 Å². The van der Waals surface area contributed by atoms with Gasteiger partial charge < -0.3 is 19.3 Å².